The van der Waals surface area contributed by atoms with Gasteiger partial charge in [0.15, 0.2) is 0 Å². The number of rotatable bonds is 0. The van der Waals surface area contributed by atoms with Gasteiger partial charge in [0.25, 0.3) is 0 Å². The summed E-state index contributed by atoms with van der Waals surface area (Å²) in [7, 11) is -3.90. The summed E-state index contributed by atoms with van der Waals surface area (Å²) in [5, 5.41) is 0. The summed E-state index contributed by atoms with van der Waals surface area (Å²) in [5.41, 5.74) is 0. The van der Waals surface area contributed by atoms with Gasteiger partial charge in [-0.2, -0.15) is 12.6 Å². The van der Waals surface area contributed by atoms with Gasteiger partial charge >= 0.3 is 21.8 Å². The molecule has 0 aromatic rings. The molecule has 2 heterocycles. The predicted octanol–water partition coefficient (Wildman–Crippen LogP) is -1.22. The highest BCUT2D eigenvalue weighted by molar-refractivity contribution is 7.82. The second-order valence-electron chi connectivity index (χ2n) is 3.24. The molecule has 3 aliphatic rings. The van der Waals surface area contributed by atoms with Crippen molar-refractivity contribution in [3.63, 3.8) is 0 Å². The van der Waals surface area contributed by atoms with Crippen LogP contribution in [0.2, 0.25) is 0 Å². The highest BCUT2D eigenvalue weighted by Crippen LogP contribution is 2.41. The highest BCUT2D eigenvalue weighted by Gasteiger charge is 2.59. The molecule has 3 rings (SSSR count). The molecule has 0 radical (unpaired) electrons. The minimum atomic E-state index is -3.90. The Labute approximate surface area is 82.5 Å². The van der Waals surface area contributed by atoms with Gasteiger partial charge in [-0.3, -0.25) is 8.37 Å². The van der Waals surface area contributed by atoms with Crippen LogP contribution in [-0.4, -0.2) is 37.0 Å². The monoisotopic (exact) mass is 242 g/mol. The van der Waals surface area contributed by atoms with E-state index in [1.807, 2.05) is 0 Å². The van der Waals surface area contributed by atoms with E-state index in [4.69, 9.17) is 8.37 Å². The Morgan fingerprint density at radius 1 is 1.07 bits per heavy atom. The second-order valence-corrected chi connectivity index (χ2v) is 5.23. The minimum absolute atomic E-state index is 0.320. The molecule has 0 N–H and O–H groups in total. The summed E-state index contributed by atoms with van der Waals surface area (Å²) in [6.45, 7) is 0. The summed E-state index contributed by atoms with van der Waals surface area (Å²) in [5.74, 6) is 0. The molecule has 0 spiro atoms. The first-order chi connectivity index (χ1) is 6.55. The SMILES string of the molecule is O=S1OC2CC3OS(=O)(=O)OC3C2O1. The average molecular weight is 242 g/mol. The molecule has 14 heavy (non-hydrogen) atoms. The molecule has 0 bridgehead atoms. The van der Waals surface area contributed by atoms with Crippen molar-refractivity contribution in [2.24, 2.45) is 0 Å². The summed E-state index contributed by atoms with van der Waals surface area (Å²) in [6, 6.07) is 0. The van der Waals surface area contributed by atoms with Gasteiger partial charge < -0.3 is 0 Å². The zero-order chi connectivity index (χ0) is 9.92. The molecule has 0 aromatic heterocycles. The maximum atomic E-state index is 10.9. The Bertz CT molecular complexity index is 389. The molecule has 2 aliphatic heterocycles. The van der Waals surface area contributed by atoms with Gasteiger partial charge in [0.05, 0.1) is 0 Å². The molecule has 9 heteroatoms. The van der Waals surface area contributed by atoms with Gasteiger partial charge in [-0.25, -0.2) is 8.37 Å². The lowest BCUT2D eigenvalue weighted by Crippen LogP contribution is -2.30. The lowest BCUT2D eigenvalue weighted by molar-refractivity contribution is 0.0840. The molecule has 80 valence electrons. The second kappa shape index (κ2) is 2.74. The summed E-state index contributed by atoms with van der Waals surface area (Å²) in [6.07, 6.45) is -2.00. The fraction of sp³-hybridized carbons (Fsp3) is 1.00. The van der Waals surface area contributed by atoms with Crippen molar-refractivity contribution in [3.05, 3.63) is 0 Å². The Balaban J connectivity index is 1.88. The molecule has 5 atom stereocenters. The lowest BCUT2D eigenvalue weighted by Gasteiger charge is -2.08. The number of hydrogen-bond acceptors (Lipinski definition) is 7. The van der Waals surface area contributed by atoms with Crippen LogP contribution in [0.25, 0.3) is 0 Å². The molecule has 1 saturated carbocycles. The number of fused-ring (bicyclic) bond motifs is 3. The van der Waals surface area contributed by atoms with Gasteiger partial charge in [0.2, 0.25) is 0 Å². The first-order valence-electron chi connectivity index (χ1n) is 3.93. The van der Waals surface area contributed by atoms with Crippen LogP contribution in [0.3, 0.4) is 0 Å². The predicted molar refractivity (Wildman–Crippen MR) is 41.2 cm³/mol. The van der Waals surface area contributed by atoms with Crippen LogP contribution in [0.4, 0.5) is 0 Å². The van der Waals surface area contributed by atoms with Crippen molar-refractivity contribution in [3.8, 4) is 0 Å². The highest BCUT2D eigenvalue weighted by atomic mass is 32.3. The third kappa shape index (κ3) is 1.24. The van der Waals surface area contributed by atoms with E-state index in [1.165, 1.54) is 0 Å². The van der Waals surface area contributed by atoms with Gasteiger partial charge in [-0.15, -0.1) is 0 Å². The fourth-order valence-electron chi connectivity index (χ4n) is 1.87. The maximum Gasteiger partial charge on any atom is 0.400 e. The molecule has 0 aromatic carbocycles. The van der Waals surface area contributed by atoms with Crippen LogP contribution >= 0.6 is 0 Å². The topological polar surface area (TPSA) is 88.1 Å². The molecule has 3 fully saturated rings. The third-order valence-electron chi connectivity index (χ3n) is 2.38. The molecule has 7 nitrogen and oxygen atoms in total. The van der Waals surface area contributed by atoms with Crippen molar-refractivity contribution < 1.29 is 29.4 Å². The van der Waals surface area contributed by atoms with E-state index in [2.05, 4.69) is 8.37 Å². The van der Waals surface area contributed by atoms with E-state index < -0.39 is 46.2 Å². The summed E-state index contributed by atoms with van der Waals surface area (Å²) in [4.78, 5) is 0. The Kier molecular flexibility index (Phi) is 1.80. The van der Waals surface area contributed by atoms with Crippen molar-refractivity contribution in [1.82, 2.24) is 0 Å². The quantitative estimate of drug-likeness (QED) is 0.526. The molecule has 1 aliphatic carbocycles. The molecule has 5 unspecified atom stereocenters. The van der Waals surface area contributed by atoms with Crippen molar-refractivity contribution in [1.29, 1.82) is 0 Å². The first-order valence-corrected chi connectivity index (χ1v) is 6.26. The standard InChI is InChI=1S/C5H6O7S2/c6-13-9-2-1-3-5(4(2)10-13)12-14(7,8)11-3/h2-5H,1H2. The fourth-order valence-corrected chi connectivity index (χ4v) is 3.76. The largest absolute Gasteiger partial charge is 0.400 e. The summed E-state index contributed by atoms with van der Waals surface area (Å²) < 4.78 is 51.7. The van der Waals surface area contributed by atoms with E-state index in [1.54, 1.807) is 0 Å². The zero-order valence-corrected chi connectivity index (χ0v) is 8.32. The van der Waals surface area contributed by atoms with Gasteiger partial charge in [0.1, 0.15) is 24.4 Å². The lowest BCUT2D eigenvalue weighted by atomic mass is 10.2. The normalized spacial score (nSPS) is 54.4. The Hall–Kier alpha value is -0.0600. The smallest absolute Gasteiger partial charge is 0.262 e. The molecule has 2 saturated heterocycles. The van der Waals surface area contributed by atoms with E-state index in [-0.39, 0.29) is 0 Å². The van der Waals surface area contributed by atoms with Gasteiger partial charge in [-0.05, 0) is 0 Å². The van der Waals surface area contributed by atoms with Crippen molar-refractivity contribution in [2.75, 3.05) is 0 Å². The molecular formula is C5H6O7S2. The average Bonchev–Trinajstić information content (AvgIpc) is 2.58. The van der Waals surface area contributed by atoms with E-state index in [9.17, 15) is 12.6 Å². The van der Waals surface area contributed by atoms with E-state index >= 15 is 0 Å². The van der Waals surface area contributed by atoms with Gasteiger partial charge in [-0.1, -0.05) is 0 Å². The van der Waals surface area contributed by atoms with Crippen LogP contribution in [0.1, 0.15) is 6.42 Å². The van der Waals surface area contributed by atoms with Crippen molar-refractivity contribution >= 4 is 21.8 Å². The third-order valence-corrected chi connectivity index (χ3v) is 4.11. The van der Waals surface area contributed by atoms with Crippen LogP contribution in [0.5, 0.6) is 0 Å². The Morgan fingerprint density at radius 3 is 2.64 bits per heavy atom. The zero-order valence-electron chi connectivity index (χ0n) is 6.69. The van der Waals surface area contributed by atoms with E-state index in [0.717, 1.165) is 0 Å². The molecule has 0 amide bonds. The maximum absolute atomic E-state index is 10.9. The van der Waals surface area contributed by atoms with Crippen molar-refractivity contribution in [2.45, 2.75) is 30.8 Å². The molecular weight excluding hydrogens is 236 g/mol. The summed E-state index contributed by atoms with van der Waals surface area (Å²) >= 11 is -1.80. The van der Waals surface area contributed by atoms with Crippen LogP contribution in [0.15, 0.2) is 0 Å². The van der Waals surface area contributed by atoms with Crippen LogP contribution < -0.4 is 0 Å². The van der Waals surface area contributed by atoms with Gasteiger partial charge in [0, 0.05) is 6.42 Å². The van der Waals surface area contributed by atoms with Crippen LogP contribution in [-0.2, 0) is 38.5 Å². The van der Waals surface area contributed by atoms with E-state index in [0.29, 0.717) is 6.42 Å². The minimum Gasteiger partial charge on any atom is -0.262 e. The number of hydrogen-bond donors (Lipinski definition) is 0. The van der Waals surface area contributed by atoms with Crippen LogP contribution in [0, 0.1) is 0 Å². The Morgan fingerprint density at radius 2 is 1.86 bits per heavy atom. The first kappa shape index (κ1) is 9.19.